The SMILES string of the molecule is COc1cc(/C=N\NC(=O)c2ccccc2Br)cc(Cl)c1OCc1ccc(Cl)cc1Cl. The molecular formula is C22H16BrCl3N2O3. The van der Waals surface area contributed by atoms with Crippen molar-refractivity contribution in [2.24, 2.45) is 5.10 Å². The number of amides is 1. The predicted octanol–water partition coefficient (Wildman–Crippen LogP) is 6.76. The Morgan fingerprint density at radius 3 is 2.58 bits per heavy atom. The minimum atomic E-state index is -0.346. The molecule has 0 spiro atoms. The van der Waals surface area contributed by atoms with Crippen LogP contribution in [0.25, 0.3) is 0 Å². The van der Waals surface area contributed by atoms with Gasteiger partial charge >= 0.3 is 0 Å². The van der Waals surface area contributed by atoms with Gasteiger partial charge in [0.05, 0.1) is 23.9 Å². The van der Waals surface area contributed by atoms with Crippen molar-refractivity contribution in [3.63, 3.8) is 0 Å². The summed E-state index contributed by atoms with van der Waals surface area (Å²) < 4.78 is 11.9. The lowest BCUT2D eigenvalue weighted by Gasteiger charge is -2.14. The summed E-state index contributed by atoms with van der Waals surface area (Å²) in [5, 5.41) is 5.34. The molecule has 3 aromatic carbocycles. The Balaban J connectivity index is 1.72. The van der Waals surface area contributed by atoms with Gasteiger partial charge in [-0.3, -0.25) is 4.79 Å². The van der Waals surface area contributed by atoms with Crippen LogP contribution in [0.4, 0.5) is 0 Å². The largest absolute Gasteiger partial charge is 0.493 e. The molecule has 0 radical (unpaired) electrons. The number of benzene rings is 3. The molecule has 160 valence electrons. The van der Waals surface area contributed by atoms with Crippen LogP contribution in [0.1, 0.15) is 21.5 Å². The van der Waals surface area contributed by atoms with Crippen LogP contribution >= 0.6 is 50.7 Å². The molecule has 0 heterocycles. The molecule has 0 aliphatic heterocycles. The van der Waals surface area contributed by atoms with Crippen molar-refractivity contribution in [3.05, 3.63) is 90.8 Å². The maximum atomic E-state index is 12.2. The quantitative estimate of drug-likeness (QED) is 0.265. The van der Waals surface area contributed by atoms with E-state index in [1.54, 1.807) is 48.5 Å². The molecule has 3 aromatic rings. The number of nitrogens with zero attached hydrogens (tertiary/aromatic N) is 1. The molecule has 0 bridgehead atoms. The number of hydrogen-bond donors (Lipinski definition) is 1. The van der Waals surface area contributed by atoms with Crippen molar-refractivity contribution in [3.8, 4) is 11.5 Å². The lowest BCUT2D eigenvalue weighted by molar-refractivity contribution is 0.0954. The fourth-order valence-electron chi connectivity index (χ4n) is 2.61. The average molecular weight is 543 g/mol. The van der Waals surface area contributed by atoms with E-state index in [1.807, 2.05) is 6.07 Å². The molecule has 0 fully saturated rings. The van der Waals surface area contributed by atoms with Crippen LogP contribution in [0.15, 0.2) is 64.2 Å². The summed E-state index contributed by atoms with van der Waals surface area (Å²) in [5.74, 6) is 0.433. The van der Waals surface area contributed by atoms with Crippen LogP contribution in [-0.2, 0) is 6.61 Å². The third-order valence-electron chi connectivity index (χ3n) is 4.14. The average Bonchev–Trinajstić information content (AvgIpc) is 2.74. The van der Waals surface area contributed by atoms with Crippen LogP contribution < -0.4 is 14.9 Å². The molecule has 31 heavy (non-hydrogen) atoms. The van der Waals surface area contributed by atoms with Gasteiger partial charge in [-0.2, -0.15) is 5.10 Å². The van der Waals surface area contributed by atoms with E-state index in [-0.39, 0.29) is 12.5 Å². The Morgan fingerprint density at radius 1 is 1.10 bits per heavy atom. The molecular weight excluding hydrogens is 527 g/mol. The fraction of sp³-hybridized carbons (Fsp3) is 0.0909. The van der Waals surface area contributed by atoms with Crippen molar-refractivity contribution in [1.82, 2.24) is 5.43 Å². The molecule has 0 saturated carbocycles. The first-order valence-electron chi connectivity index (χ1n) is 8.91. The molecule has 9 heteroatoms. The molecule has 0 atom stereocenters. The first-order valence-corrected chi connectivity index (χ1v) is 10.8. The van der Waals surface area contributed by atoms with Crippen LogP contribution in [0.2, 0.25) is 15.1 Å². The number of hydrazone groups is 1. The van der Waals surface area contributed by atoms with Gasteiger partial charge in [-0.15, -0.1) is 0 Å². The minimum absolute atomic E-state index is 0.182. The van der Waals surface area contributed by atoms with Gasteiger partial charge in [0.15, 0.2) is 11.5 Å². The summed E-state index contributed by atoms with van der Waals surface area (Å²) in [5.41, 5.74) is 4.32. The van der Waals surface area contributed by atoms with Gasteiger partial charge in [-0.05, 0) is 57.9 Å². The van der Waals surface area contributed by atoms with Gasteiger partial charge in [-0.1, -0.05) is 53.0 Å². The van der Waals surface area contributed by atoms with E-state index < -0.39 is 0 Å². The summed E-state index contributed by atoms with van der Waals surface area (Å²) in [6.07, 6.45) is 1.46. The number of ether oxygens (including phenoxy) is 2. The van der Waals surface area contributed by atoms with E-state index in [0.29, 0.717) is 42.2 Å². The number of carbonyl (C=O) groups excluding carboxylic acids is 1. The Labute approximate surface area is 203 Å². The highest BCUT2D eigenvalue weighted by Gasteiger charge is 2.13. The van der Waals surface area contributed by atoms with Gasteiger partial charge in [0.1, 0.15) is 6.61 Å². The Hall–Kier alpha value is -2.25. The number of halogens is 4. The van der Waals surface area contributed by atoms with Gasteiger partial charge in [0.25, 0.3) is 5.91 Å². The highest BCUT2D eigenvalue weighted by molar-refractivity contribution is 9.10. The molecule has 3 rings (SSSR count). The fourth-order valence-corrected chi connectivity index (χ4v) is 3.82. The molecule has 0 unspecified atom stereocenters. The van der Waals surface area contributed by atoms with E-state index in [4.69, 9.17) is 44.3 Å². The second-order valence-corrected chi connectivity index (χ2v) is 8.34. The van der Waals surface area contributed by atoms with Crippen LogP contribution in [-0.4, -0.2) is 19.2 Å². The van der Waals surface area contributed by atoms with Crippen LogP contribution in [0.5, 0.6) is 11.5 Å². The maximum absolute atomic E-state index is 12.2. The van der Waals surface area contributed by atoms with Crippen LogP contribution in [0.3, 0.4) is 0 Å². The molecule has 1 amide bonds. The van der Waals surface area contributed by atoms with E-state index in [1.165, 1.54) is 13.3 Å². The zero-order chi connectivity index (χ0) is 22.4. The molecule has 5 nitrogen and oxygen atoms in total. The summed E-state index contributed by atoms with van der Waals surface area (Å²) in [4.78, 5) is 12.2. The topological polar surface area (TPSA) is 59.9 Å². The standard InChI is InChI=1S/C22H16BrCl3N2O3/c1-30-20-9-13(11-27-28-22(29)16-4-2-3-5-17(16)23)8-19(26)21(20)31-12-14-6-7-15(24)10-18(14)25/h2-11H,12H2,1H3,(H,28,29)/b27-11-. The lowest BCUT2D eigenvalue weighted by Crippen LogP contribution is -2.18. The van der Waals surface area contributed by atoms with E-state index in [2.05, 4.69) is 26.5 Å². The normalized spacial score (nSPS) is 10.9. The van der Waals surface area contributed by atoms with Crippen LogP contribution in [0, 0.1) is 0 Å². The van der Waals surface area contributed by atoms with Gasteiger partial charge in [-0.25, -0.2) is 5.43 Å². The number of nitrogens with one attached hydrogen (secondary N) is 1. The first kappa shape index (κ1) is 23.4. The summed E-state index contributed by atoms with van der Waals surface area (Å²) in [6, 6.07) is 15.5. The van der Waals surface area contributed by atoms with E-state index in [0.717, 1.165) is 5.56 Å². The molecule has 1 N–H and O–H groups in total. The maximum Gasteiger partial charge on any atom is 0.272 e. The molecule has 0 aliphatic carbocycles. The van der Waals surface area contributed by atoms with Crippen molar-refractivity contribution >= 4 is 62.9 Å². The third kappa shape index (κ3) is 6.14. The summed E-state index contributed by atoms with van der Waals surface area (Å²) in [6.45, 7) is 0.182. The van der Waals surface area contributed by atoms with E-state index >= 15 is 0 Å². The van der Waals surface area contributed by atoms with Gasteiger partial charge in [0, 0.05) is 20.1 Å². The molecule has 0 saturated heterocycles. The highest BCUT2D eigenvalue weighted by Crippen LogP contribution is 2.37. The first-order chi connectivity index (χ1) is 14.9. The monoisotopic (exact) mass is 540 g/mol. The molecule has 0 aliphatic rings. The predicted molar refractivity (Wildman–Crippen MR) is 128 cm³/mol. The zero-order valence-electron chi connectivity index (χ0n) is 16.2. The lowest BCUT2D eigenvalue weighted by atomic mass is 10.2. The summed E-state index contributed by atoms with van der Waals surface area (Å²) in [7, 11) is 1.50. The zero-order valence-corrected chi connectivity index (χ0v) is 20.0. The van der Waals surface area contributed by atoms with Crippen molar-refractivity contribution in [1.29, 1.82) is 0 Å². The molecule has 0 aromatic heterocycles. The van der Waals surface area contributed by atoms with Gasteiger partial charge < -0.3 is 9.47 Å². The number of rotatable bonds is 7. The Kier molecular flexibility index (Phi) is 8.21. The van der Waals surface area contributed by atoms with Crippen molar-refractivity contribution < 1.29 is 14.3 Å². The third-order valence-corrected chi connectivity index (χ3v) is 5.70. The Morgan fingerprint density at radius 2 is 1.87 bits per heavy atom. The highest BCUT2D eigenvalue weighted by atomic mass is 79.9. The van der Waals surface area contributed by atoms with Gasteiger partial charge in [0.2, 0.25) is 0 Å². The van der Waals surface area contributed by atoms with Crippen molar-refractivity contribution in [2.45, 2.75) is 6.61 Å². The second-order valence-electron chi connectivity index (χ2n) is 6.24. The number of hydrogen-bond acceptors (Lipinski definition) is 4. The van der Waals surface area contributed by atoms with E-state index in [9.17, 15) is 4.79 Å². The number of methoxy groups -OCH3 is 1. The minimum Gasteiger partial charge on any atom is -0.493 e. The Bertz CT molecular complexity index is 1140. The second kappa shape index (κ2) is 10.9. The smallest absolute Gasteiger partial charge is 0.272 e. The number of carbonyl (C=O) groups is 1. The van der Waals surface area contributed by atoms with Crippen molar-refractivity contribution in [2.75, 3.05) is 7.11 Å². The summed E-state index contributed by atoms with van der Waals surface area (Å²) >= 11 is 21.8.